The number of likely N-dealkylation sites (tertiary alicyclic amines) is 1. The van der Waals surface area contributed by atoms with E-state index in [9.17, 15) is 9.59 Å². The molecule has 0 spiro atoms. The molecule has 2 aliphatic heterocycles. The SMILES string of the molecule is CCN1CCN(C(=O)C2CCCN(C(=O)c3ccoc3C)C2)CC1. The summed E-state index contributed by atoms with van der Waals surface area (Å²) in [6.07, 6.45) is 3.30. The number of piperazine rings is 1. The van der Waals surface area contributed by atoms with Gasteiger partial charge in [0, 0.05) is 39.3 Å². The van der Waals surface area contributed by atoms with Crippen molar-refractivity contribution in [3.8, 4) is 0 Å². The third-order valence-corrected chi connectivity index (χ3v) is 5.28. The van der Waals surface area contributed by atoms with Crippen LogP contribution in [-0.4, -0.2) is 72.3 Å². The minimum atomic E-state index is -0.0666. The minimum Gasteiger partial charge on any atom is -0.469 e. The van der Waals surface area contributed by atoms with Gasteiger partial charge in [0.15, 0.2) is 0 Å². The zero-order valence-electron chi connectivity index (χ0n) is 14.7. The Balaban J connectivity index is 1.60. The summed E-state index contributed by atoms with van der Waals surface area (Å²) in [5.41, 5.74) is 0.611. The maximum Gasteiger partial charge on any atom is 0.257 e. The average Bonchev–Trinajstić information content (AvgIpc) is 3.06. The lowest BCUT2D eigenvalue weighted by molar-refractivity contribution is -0.138. The van der Waals surface area contributed by atoms with Gasteiger partial charge in [-0.1, -0.05) is 6.92 Å². The van der Waals surface area contributed by atoms with Gasteiger partial charge in [-0.3, -0.25) is 9.59 Å². The number of amides is 2. The highest BCUT2D eigenvalue weighted by Crippen LogP contribution is 2.22. The number of likely N-dealkylation sites (N-methyl/N-ethyl adjacent to an activating group) is 1. The summed E-state index contributed by atoms with van der Waals surface area (Å²) < 4.78 is 5.24. The standard InChI is InChI=1S/C18H27N3O3/c1-3-19-8-10-20(11-9-19)17(22)15-5-4-7-21(13-15)18(23)16-6-12-24-14(16)2/h6,12,15H,3-5,7-11,13H2,1-2H3. The van der Waals surface area contributed by atoms with Gasteiger partial charge in [0.2, 0.25) is 5.91 Å². The molecule has 1 atom stereocenters. The summed E-state index contributed by atoms with van der Waals surface area (Å²) in [4.78, 5) is 31.6. The Hall–Kier alpha value is -1.82. The van der Waals surface area contributed by atoms with Gasteiger partial charge in [-0.25, -0.2) is 0 Å². The number of nitrogens with zero attached hydrogens (tertiary/aromatic N) is 3. The number of furan rings is 1. The van der Waals surface area contributed by atoms with E-state index >= 15 is 0 Å². The van der Waals surface area contributed by atoms with Gasteiger partial charge in [0.05, 0.1) is 17.7 Å². The Morgan fingerprint density at radius 3 is 2.54 bits per heavy atom. The van der Waals surface area contributed by atoms with Crippen molar-refractivity contribution >= 4 is 11.8 Å². The molecular formula is C18H27N3O3. The van der Waals surface area contributed by atoms with E-state index in [-0.39, 0.29) is 17.7 Å². The van der Waals surface area contributed by atoms with E-state index in [0.717, 1.165) is 52.1 Å². The van der Waals surface area contributed by atoms with E-state index in [1.807, 2.05) is 9.80 Å². The highest BCUT2D eigenvalue weighted by molar-refractivity contribution is 5.95. The van der Waals surface area contributed by atoms with E-state index in [2.05, 4.69) is 11.8 Å². The summed E-state index contributed by atoms with van der Waals surface area (Å²) in [7, 11) is 0. The second-order valence-corrected chi connectivity index (χ2v) is 6.74. The molecule has 3 heterocycles. The number of hydrogen-bond acceptors (Lipinski definition) is 4. The highest BCUT2D eigenvalue weighted by atomic mass is 16.3. The smallest absolute Gasteiger partial charge is 0.257 e. The maximum atomic E-state index is 12.8. The number of aryl methyl sites for hydroxylation is 1. The third-order valence-electron chi connectivity index (χ3n) is 5.28. The topological polar surface area (TPSA) is 57.0 Å². The normalized spacial score (nSPS) is 22.7. The Labute approximate surface area is 143 Å². The van der Waals surface area contributed by atoms with Crippen molar-refractivity contribution in [3.05, 3.63) is 23.7 Å². The van der Waals surface area contributed by atoms with Crippen LogP contribution in [0.2, 0.25) is 0 Å². The number of rotatable bonds is 3. The molecule has 2 aliphatic rings. The van der Waals surface area contributed by atoms with Crippen LogP contribution in [0.25, 0.3) is 0 Å². The minimum absolute atomic E-state index is 0.0189. The largest absolute Gasteiger partial charge is 0.469 e. The van der Waals surface area contributed by atoms with Crippen LogP contribution in [0, 0.1) is 12.8 Å². The fourth-order valence-corrected chi connectivity index (χ4v) is 3.68. The molecule has 1 aromatic rings. The Kier molecular flexibility index (Phi) is 5.23. The second kappa shape index (κ2) is 7.38. The van der Waals surface area contributed by atoms with Crippen LogP contribution in [0.1, 0.15) is 35.9 Å². The number of carbonyl (C=O) groups is 2. The van der Waals surface area contributed by atoms with Crippen LogP contribution in [0.4, 0.5) is 0 Å². The van der Waals surface area contributed by atoms with Crippen LogP contribution < -0.4 is 0 Å². The first-order valence-corrected chi connectivity index (χ1v) is 8.94. The summed E-state index contributed by atoms with van der Waals surface area (Å²) >= 11 is 0. The fourth-order valence-electron chi connectivity index (χ4n) is 3.68. The number of carbonyl (C=O) groups excluding carboxylic acids is 2. The van der Waals surface area contributed by atoms with Crippen molar-refractivity contribution in [2.75, 3.05) is 45.8 Å². The van der Waals surface area contributed by atoms with Gasteiger partial charge in [-0.15, -0.1) is 0 Å². The molecule has 132 valence electrons. The monoisotopic (exact) mass is 333 g/mol. The summed E-state index contributed by atoms with van der Waals surface area (Å²) in [6.45, 7) is 9.74. The first kappa shape index (κ1) is 17.0. The van der Waals surface area contributed by atoms with Crippen molar-refractivity contribution in [1.29, 1.82) is 0 Å². The Morgan fingerprint density at radius 1 is 1.17 bits per heavy atom. The van der Waals surface area contributed by atoms with Crippen LogP contribution in [0.5, 0.6) is 0 Å². The molecule has 2 amide bonds. The van der Waals surface area contributed by atoms with Crippen LogP contribution >= 0.6 is 0 Å². The predicted molar refractivity (Wildman–Crippen MR) is 90.8 cm³/mol. The molecule has 2 fully saturated rings. The molecule has 6 heteroatoms. The zero-order valence-corrected chi connectivity index (χ0v) is 14.7. The lowest BCUT2D eigenvalue weighted by Gasteiger charge is -2.38. The van der Waals surface area contributed by atoms with Gasteiger partial charge < -0.3 is 19.1 Å². The lowest BCUT2D eigenvalue weighted by Crippen LogP contribution is -2.52. The summed E-state index contributed by atoms with van der Waals surface area (Å²) in [6, 6.07) is 1.72. The predicted octanol–water partition coefficient (Wildman–Crippen LogP) is 1.60. The molecule has 1 unspecified atom stereocenters. The van der Waals surface area contributed by atoms with E-state index in [1.165, 1.54) is 0 Å². The fraction of sp³-hybridized carbons (Fsp3) is 0.667. The summed E-state index contributed by atoms with van der Waals surface area (Å²) in [5.74, 6) is 0.772. The van der Waals surface area contributed by atoms with E-state index < -0.39 is 0 Å². The van der Waals surface area contributed by atoms with Gasteiger partial charge >= 0.3 is 0 Å². The Morgan fingerprint density at radius 2 is 1.92 bits per heavy atom. The Bertz CT molecular complexity index is 590. The molecule has 1 aromatic heterocycles. The van der Waals surface area contributed by atoms with Gasteiger partial charge in [-0.2, -0.15) is 0 Å². The van der Waals surface area contributed by atoms with E-state index in [1.54, 1.807) is 19.3 Å². The quantitative estimate of drug-likeness (QED) is 0.843. The molecule has 0 N–H and O–H groups in total. The van der Waals surface area contributed by atoms with E-state index in [4.69, 9.17) is 4.42 Å². The van der Waals surface area contributed by atoms with Crippen LogP contribution in [0.15, 0.2) is 16.7 Å². The number of piperidine rings is 1. The van der Waals surface area contributed by atoms with Crippen molar-refractivity contribution in [1.82, 2.24) is 14.7 Å². The molecule has 0 radical (unpaired) electrons. The lowest BCUT2D eigenvalue weighted by atomic mass is 9.95. The van der Waals surface area contributed by atoms with Crippen LogP contribution in [0.3, 0.4) is 0 Å². The molecule has 24 heavy (non-hydrogen) atoms. The maximum absolute atomic E-state index is 12.8. The molecule has 3 rings (SSSR count). The van der Waals surface area contributed by atoms with Gasteiger partial charge in [0.25, 0.3) is 5.91 Å². The second-order valence-electron chi connectivity index (χ2n) is 6.74. The molecular weight excluding hydrogens is 306 g/mol. The molecule has 6 nitrogen and oxygen atoms in total. The first-order valence-electron chi connectivity index (χ1n) is 8.94. The molecule has 0 saturated carbocycles. The summed E-state index contributed by atoms with van der Waals surface area (Å²) in [5, 5.41) is 0. The molecule has 0 aliphatic carbocycles. The zero-order chi connectivity index (χ0) is 17.1. The van der Waals surface area contributed by atoms with Crippen LogP contribution in [-0.2, 0) is 4.79 Å². The van der Waals surface area contributed by atoms with Crippen molar-refractivity contribution < 1.29 is 14.0 Å². The number of hydrogen-bond donors (Lipinski definition) is 0. The third kappa shape index (κ3) is 3.48. The molecule has 0 bridgehead atoms. The highest BCUT2D eigenvalue weighted by Gasteiger charge is 2.33. The van der Waals surface area contributed by atoms with Crippen molar-refractivity contribution in [2.45, 2.75) is 26.7 Å². The van der Waals surface area contributed by atoms with Gasteiger partial charge in [0.1, 0.15) is 5.76 Å². The first-order chi connectivity index (χ1) is 11.6. The van der Waals surface area contributed by atoms with Crippen molar-refractivity contribution in [3.63, 3.8) is 0 Å². The van der Waals surface area contributed by atoms with Crippen molar-refractivity contribution in [2.24, 2.45) is 5.92 Å². The van der Waals surface area contributed by atoms with Gasteiger partial charge in [-0.05, 0) is 32.4 Å². The average molecular weight is 333 g/mol. The molecule has 0 aromatic carbocycles. The van der Waals surface area contributed by atoms with E-state index in [0.29, 0.717) is 17.9 Å². The molecule has 2 saturated heterocycles.